The summed E-state index contributed by atoms with van der Waals surface area (Å²) in [5, 5.41) is 3.28. The van der Waals surface area contributed by atoms with Crippen LogP contribution in [0.1, 0.15) is 27.7 Å². The van der Waals surface area contributed by atoms with Gasteiger partial charge in [-0.3, -0.25) is 5.32 Å². The van der Waals surface area contributed by atoms with Crippen LogP contribution in [0.25, 0.3) is 0 Å². The van der Waals surface area contributed by atoms with Gasteiger partial charge in [-0.25, -0.2) is 0 Å². The van der Waals surface area contributed by atoms with Gasteiger partial charge >= 0.3 is 0 Å². The van der Waals surface area contributed by atoms with Gasteiger partial charge in [-0.15, -0.1) is 0 Å². The van der Waals surface area contributed by atoms with E-state index >= 15 is 0 Å². The van der Waals surface area contributed by atoms with Gasteiger partial charge in [0.15, 0.2) is 0 Å². The monoisotopic (exact) mass is 157 g/mol. The molecule has 0 aromatic rings. The summed E-state index contributed by atoms with van der Waals surface area (Å²) in [6, 6.07) is 0. The summed E-state index contributed by atoms with van der Waals surface area (Å²) < 4.78 is 5.47. The first-order chi connectivity index (χ1) is 5.16. The van der Waals surface area contributed by atoms with E-state index in [9.17, 15) is 0 Å². The molecule has 1 aliphatic rings. The Morgan fingerprint density at radius 2 is 2.00 bits per heavy atom. The smallest absolute Gasteiger partial charge is 0.135 e. The zero-order valence-electron chi connectivity index (χ0n) is 7.92. The quantitative estimate of drug-likeness (QED) is 0.627. The van der Waals surface area contributed by atoms with Crippen LogP contribution in [0.2, 0.25) is 0 Å². The van der Waals surface area contributed by atoms with Crippen LogP contribution < -0.4 is 5.32 Å². The largest absolute Gasteiger partial charge is 0.353 e. The summed E-state index contributed by atoms with van der Waals surface area (Å²) >= 11 is 0. The van der Waals surface area contributed by atoms with Gasteiger partial charge in [0.1, 0.15) is 12.3 Å². The first-order valence-electron chi connectivity index (χ1n) is 4.55. The van der Waals surface area contributed by atoms with Crippen molar-refractivity contribution in [3.05, 3.63) is 0 Å². The standard InChI is InChI=1S/C9H19NO/c1-5-10-9-8(11-9)7(4)6(2)3/h6-10H,5H2,1-4H3. The molecule has 3 unspecified atom stereocenters. The summed E-state index contributed by atoms with van der Waals surface area (Å²) in [6.07, 6.45) is 0.812. The first kappa shape index (κ1) is 9.01. The van der Waals surface area contributed by atoms with Crippen LogP contribution in [0.3, 0.4) is 0 Å². The molecule has 0 aromatic heterocycles. The summed E-state index contributed by atoms with van der Waals surface area (Å²) in [5.41, 5.74) is 0. The van der Waals surface area contributed by atoms with Crippen molar-refractivity contribution in [3.63, 3.8) is 0 Å². The van der Waals surface area contributed by atoms with E-state index in [-0.39, 0.29) is 0 Å². The highest BCUT2D eigenvalue weighted by atomic mass is 16.6. The molecule has 1 rings (SSSR count). The van der Waals surface area contributed by atoms with Crippen LogP contribution >= 0.6 is 0 Å². The Bertz CT molecular complexity index is 125. The van der Waals surface area contributed by atoms with E-state index in [1.807, 2.05) is 0 Å². The second-order valence-corrected chi connectivity index (χ2v) is 3.68. The Kier molecular flexibility index (Phi) is 2.90. The minimum absolute atomic E-state index is 0.345. The molecule has 3 atom stereocenters. The van der Waals surface area contributed by atoms with E-state index in [2.05, 4.69) is 33.0 Å². The lowest BCUT2D eigenvalue weighted by molar-refractivity contribution is 0.279. The maximum Gasteiger partial charge on any atom is 0.135 e. The summed E-state index contributed by atoms with van der Waals surface area (Å²) in [7, 11) is 0. The van der Waals surface area contributed by atoms with Crippen molar-refractivity contribution in [2.45, 2.75) is 40.0 Å². The van der Waals surface area contributed by atoms with E-state index in [0.29, 0.717) is 18.2 Å². The highest BCUT2D eigenvalue weighted by Gasteiger charge is 2.42. The minimum Gasteiger partial charge on any atom is -0.353 e. The Hall–Kier alpha value is -0.0800. The number of rotatable bonds is 4. The van der Waals surface area contributed by atoms with Crippen molar-refractivity contribution < 1.29 is 4.74 Å². The molecular weight excluding hydrogens is 138 g/mol. The molecule has 0 saturated carbocycles. The van der Waals surface area contributed by atoms with Gasteiger partial charge < -0.3 is 4.74 Å². The molecule has 1 fully saturated rings. The van der Waals surface area contributed by atoms with Crippen molar-refractivity contribution >= 4 is 0 Å². The van der Waals surface area contributed by atoms with E-state index < -0.39 is 0 Å². The average molecular weight is 157 g/mol. The Morgan fingerprint density at radius 3 is 2.45 bits per heavy atom. The molecule has 0 aromatic carbocycles. The fourth-order valence-electron chi connectivity index (χ4n) is 1.27. The topological polar surface area (TPSA) is 24.6 Å². The lowest BCUT2D eigenvalue weighted by Gasteiger charge is -2.11. The number of hydrogen-bond donors (Lipinski definition) is 1. The zero-order chi connectivity index (χ0) is 8.43. The Labute approximate surface area is 69.3 Å². The highest BCUT2D eigenvalue weighted by molar-refractivity contribution is 4.87. The first-order valence-corrected chi connectivity index (χ1v) is 4.55. The van der Waals surface area contributed by atoms with Crippen molar-refractivity contribution in [2.24, 2.45) is 11.8 Å². The fourth-order valence-corrected chi connectivity index (χ4v) is 1.27. The second kappa shape index (κ2) is 3.55. The van der Waals surface area contributed by atoms with Crippen LogP contribution in [-0.4, -0.2) is 18.9 Å². The number of ether oxygens (including phenoxy) is 1. The normalized spacial score (nSPS) is 32.5. The van der Waals surface area contributed by atoms with E-state index in [4.69, 9.17) is 4.74 Å². The molecule has 0 amide bonds. The van der Waals surface area contributed by atoms with Gasteiger partial charge in [0.2, 0.25) is 0 Å². The summed E-state index contributed by atoms with van der Waals surface area (Å²) in [4.78, 5) is 0. The SMILES string of the molecule is CCNC1OC1C(C)C(C)C. The van der Waals surface area contributed by atoms with Gasteiger partial charge in [-0.05, 0) is 18.4 Å². The fraction of sp³-hybridized carbons (Fsp3) is 1.00. The second-order valence-electron chi connectivity index (χ2n) is 3.68. The van der Waals surface area contributed by atoms with Crippen LogP contribution in [0, 0.1) is 11.8 Å². The van der Waals surface area contributed by atoms with Crippen molar-refractivity contribution in [1.29, 1.82) is 0 Å². The third-order valence-corrected chi connectivity index (χ3v) is 2.50. The van der Waals surface area contributed by atoms with Gasteiger partial charge in [0.25, 0.3) is 0 Å². The molecule has 0 aliphatic carbocycles. The van der Waals surface area contributed by atoms with Gasteiger partial charge in [-0.2, -0.15) is 0 Å². The molecular formula is C9H19NO. The number of likely N-dealkylation sites (N-methyl/N-ethyl adjacent to an activating group) is 1. The van der Waals surface area contributed by atoms with Crippen molar-refractivity contribution in [2.75, 3.05) is 6.54 Å². The molecule has 1 saturated heterocycles. The molecule has 0 radical (unpaired) electrons. The van der Waals surface area contributed by atoms with Crippen molar-refractivity contribution in [1.82, 2.24) is 5.32 Å². The van der Waals surface area contributed by atoms with Crippen LogP contribution in [0.5, 0.6) is 0 Å². The van der Waals surface area contributed by atoms with Crippen LogP contribution in [-0.2, 0) is 4.74 Å². The van der Waals surface area contributed by atoms with E-state index in [1.54, 1.807) is 0 Å². The maximum atomic E-state index is 5.47. The average Bonchev–Trinajstić information content (AvgIpc) is 2.67. The highest BCUT2D eigenvalue weighted by Crippen LogP contribution is 2.31. The lowest BCUT2D eigenvalue weighted by atomic mass is 9.94. The van der Waals surface area contributed by atoms with E-state index in [0.717, 1.165) is 12.5 Å². The molecule has 66 valence electrons. The van der Waals surface area contributed by atoms with Gasteiger partial charge in [-0.1, -0.05) is 27.7 Å². The molecule has 1 heterocycles. The predicted molar refractivity (Wildman–Crippen MR) is 46.3 cm³/mol. The van der Waals surface area contributed by atoms with Gasteiger partial charge in [0, 0.05) is 0 Å². The lowest BCUT2D eigenvalue weighted by Crippen LogP contribution is -2.23. The maximum absolute atomic E-state index is 5.47. The molecule has 0 bridgehead atoms. The molecule has 2 heteroatoms. The van der Waals surface area contributed by atoms with Crippen LogP contribution in [0.4, 0.5) is 0 Å². The Balaban J connectivity index is 2.20. The minimum atomic E-state index is 0.345. The third kappa shape index (κ3) is 2.17. The molecule has 2 nitrogen and oxygen atoms in total. The summed E-state index contributed by atoms with van der Waals surface area (Å²) in [6.45, 7) is 9.86. The van der Waals surface area contributed by atoms with Crippen molar-refractivity contribution in [3.8, 4) is 0 Å². The van der Waals surface area contributed by atoms with Gasteiger partial charge in [0.05, 0.1) is 0 Å². The van der Waals surface area contributed by atoms with Crippen LogP contribution in [0.15, 0.2) is 0 Å². The third-order valence-electron chi connectivity index (χ3n) is 2.50. The zero-order valence-corrected chi connectivity index (χ0v) is 7.92. The summed E-state index contributed by atoms with van der Waals surface area (Å²) in [5.74, 6) is 1.41. The molecule has 0 spiro atoms. The van der Waals surface area contributed by atoms with E-state index in [1.165, 1.54) is 0 Å². The molecule has 1 aliphatic heterocycles. The number of hydrogen-bond acceptors (Lipinski definition) is 2. The Morgan fingerprint density at radius 1 is 1.36 bits per heavy atom. The predicted octanol–water partition coefficient (Wildman–Crippen LogP) is 1.61. The molecule has 1 N–H and O–H groups in total. The number of nitrogens with one attached hydrogen (secondary N) is 1. The molecule has 11 heavy (non-hydrogen) atoms. The number of epoxide rings is 1.